The van der Waals surface area contributed by atoms with Crippen LogP contribution in [0.15, 0.2) is 6.20 Å². The fourth-order valence-electron chi connectivity index (χ4n) is 3.81. The normalized spacial score (nSPS) is 28.9. The summed E-state index contributed by atoms with van der Waals surface area (Å²) in [6.07, 6.45) is 9.58. The Morgan fingerprint density at radius 2 is 2.14 bits per heavy atom. The molecule has 0 amide bonds. The molecule has 3 unspecified atom stereocenters. The minimum atomic E-state index is 0.578. The lowest BCUT2D eigenvalue weighted by Crippen LogP contribution is -2.32. The van der Waals surface area contributed by atoms with Gasteiger partial charge in [0, 0.05) is 23.9 Å². The Morgan fingerprint density at radius 1 is 1.29 bits per heavy atom. The maximum absolute atomic E-state index is 4.93. The molecule has 21 heavy (non-hydrogen) atoms. The van der Waals surface area contributed by atoms with Crippen LogP contribution in [0.5, 0.6) is 0 Å². The quantitative estimate of drug-likeness (QED) is 0.921. The van der Waals surface area contributed by atoms with Crippen LogP contribution in [0.25, 0.3) is 0 Å². The monoisotopic (exact) mass is 287 g/mol. The number of fused-ring (bicyclic) bond motifs is 1. The zero-order valence-electron chi connectivity index (χ0n) is 13.7. The van der Waals surface area contributed by atoms with Crippen LogP contribution in [0.4, 0.5) is 0 Å². The molecule has 0 spiro atoms. The van der Waals surface area contributed by atoms with Crippen LogP contribution in [0.2, 0.25) is 0 Å². The molecule has 0 aliphatic heterocycles. The molecule has 3 rings (SSSR count). The molecule has 1 saturated carbocycles. The van der Waals surface area contributed by atoms with E-state index in [2.05, 4.69) is 32.3 Å². The van der Waals surface area contributed by atoms with E-state index < -0.39 is 0 Å². The Bertz CT molecular complexity index is 483. The second-order valence-electron chi connectivity index (χ2n) is 7.49. The molecule has 1 heterocycles. The van der Waals surface area contributed by atoms with Gasteiger partial charge in [-0.15, -0.1) is 0 Å². The molecular formula is C18H29N3. The Hall–Kier alpha value is -0.960. The zero-order valence-corrected chi connectivity index (χ0v) is 13.7. The molecule has 1 aromatic rings. The van der Waals surface area contributed by atoms with Crippen LogP contribution in [0, 0.1) is 11.8 Å². The number of nitrogens with one attached hydrogen (secondary N) is 1. The summed E-state index contributed by atoms with van der Waals surface area (Å²) < 4.78 is 0. The molecule has 2 aliphatic rings. The van der Waals surface area contributed by atoms with Crippen LogP contribution in [-0.2, 0) is 12.8 Å². The van der Waals surface area contributed by atoms with Crippen LogP contribution < -0.4 is 5.32 Å². The van der Waals surface area contributed by atoms with Gasteiger partial charge in [0.25, 0.3) is 0 Å². The average Bonchev–Trinajstić information content (AvgIpc) is 2.91. The Balaban J connectivity index is 1.65. The molecule has 1 aromatic heterocycles. The molecule has 0 saturated heterocycles. The minimum Gasteiger partial charge on any atom is -0.314 e. The maximum Gasteiger partial charge on any atom is 0.131 e. The first-order valence-electron chi connectivity index (χ1n) is 8.70. The lowest BCUT2D eigenvalue weighted by atomic mass is 9.87. The zero-order chi connectivity index (χ0) is 14.8. The van der Waals surface area contributed by atoms with E-state index in [0.29, 0.717) is 12.0 Å². The molecule has 0 bridgehead atoms. The molecule has 3 atom stereocenters. The van der Waals surface area contributed by atoms with Crippen LogP contribution in [0.3, 0.4) is 0 Å². The van der Waals surface area contributed by atoms with E-state index in [1.807, 2.05) is 0 Å². The number of rotatable bonds is 4. The Labute approximate surface area is 129 Å². The summed E-state index contributed by atoms with van der Waals surface area (Å²) in [5.74, 6) is 3.34. The van der Waals surface area contributed by atoms with Crippen molar-refractivity contribution in [2.24, 2.45) is 11.8 Å². The molecule has 1 N–H and O–H groups in total. The molecule has 3 heteroatoms. The lowest BCUT2D eigenvalue weighted by Gasteiger charge is -2.25. The second kappa shape index (κ2) is 6.43. The van der Waals surface area contributed by atoms with Gasteiger partial charge in [-0.05, 0) is 62.5 Å². The number of hydrogen-bond donors (Lipinski definition) is 1. The van der Waals surface area contributed by atoms with Crippen molar-refractivity contribution in [1.82, 2.24) is 15.3 Å². The predicted octanol–water partition coefficient (Wildman–Crippen LogP) is 3.48. The topological polar surface area (TPSA) is 37.8 Å². The van der Waals surface area contributed by atoms with Crippen molar-refractivity contribution in [1.29, 1.82) is 0 Å². The fraction of sp³-hybridized carbons (Fsp3) is 0.778. The van der Waals surface area contributed by atoms with Gasteiger partial charge >= 0.3 is 0 Å². The van der Waals surface area contributed by atoms with Gasteiger partial charge in [0.15, 0.2) is 0 Å². The van der Waals surface area contributed by atoms with Crippen LogP contribution >= 0.6 is 0 Å². The van der Waals surface area contributed by atoms with Gasteiger partial charge in [-0.3, -0.25) is 0 Å². The number of aromatic nitrogens is 2. The fourth-order valence-corrected chi connectivity index (χ4v) is 3.81. The molecule has 2 aliphatic carbocycles. The van der Waals surface area contributed by atoms with Crippen molar-refractivity contribution >= 4 is 0 Å². The molecule has 0 aromatic carbocycles. The highest BCUT2D eigenvalue weighted by atomic mass is 14.9. The third-order valence-electron chi connectivity index (χ3n) is 5.15. The maximum atomic E-state index is 4.93. The van der Waals surface area contributed by atoms with E-state index in [-0.39, 0.29) is 0 Å². The SMILES string of the molecule is CC1CCC(c2ncc3c(n2)CCC(CNC(C)C)C3)C1. The summed E-state index contributed by atoms with van der Waals surface area (Å²) >= 11 is 0. The largest absolute Gasteiger partial charge is 0.314 e. The number of hydrogen-bond acceptors (Lipinski definition) is 3. The lowest BCUT2D eigenvalue weighted by molar-refractivity contribution is 0.401. The van der Waals surface area contributed by atoms with E-state index in [1.165, 1.54) is 36.9 Å². The standard InChI is InChI=1S/C18H29N3/c1-12(2)19-10-14-5-7-17-16(9-14)11-20-18(21-17)15-6-4-13(3)8-15/h11-15,19H,4-10H2,1-3H3. The first-order valence-corrected chi connectivity index (χ1v) is 8.70. The second-order valence-corrected chi connectivity index (χ2v) is 7.49. The molecule has 116 valence electrons. The highest BCUT2D eigenvalue weighted by molar-refractivity contribution is 5.22. The predicted molar refractivity (Wildman–Crippen MR) is 86.4 cm³/mol. The van der Waals surface area contributed by atoms with Crippen LogP contribution in [-0.4, -0.2) is 22.6 Å². The summed E-state index contributed by atoms with van der Waals surface area (Å²) in [6, 6.07) is 0.578. The summed E-state index contributed by atoms with van der Waals surface area (Å²) in [7, 11) is 0. The van der Waals surface area contributed by atoms with Crippen molar-refractivity contribution in [2.75, 3.05) is 6.54 Å². The summed E-state index contributed by atoms with van der Waals surface area (Å²) in [6.45, 7) is 7.91. The van der Waals surface area contributed by atoms with Gasteiger partial charge in [-0.2, -0.15) is 0 Å². The van der Waals surface area contributed by atoms with Gasteiger partial charge in [-0.1, -0.05) is 20.8 Å². The smallest absolute Gasteiger partial charge is 0.131 e. The van der Waals surface area contributed by atoms with E-state index in [1.54, 1.807) is 0 Å². The first-order chi connectivity index (χ1) is 10.1. The van der Waals surface area contributed by atoms with Gasteiger partial charge in [0.1, 0.15) is 5.82 Å². The Kier molecular flexibility index (Phi) is 4.58. The van der Waals surface area contributed by atoms with Gasteiger partial charge in [0.2, 0.25) is 0 Å². The summed E-state index contributed by atoms with van der Waals surface area (Å²) in [4.78, 5) is 9.63. The van der Waals surface area contributed by atoms with Crippen LogP contribution in [0.1, 0.15) is 69.5 Å². The third-order valence-corrected chi connectivity index (χ3v) is 5.15. The number of nitrogens with zero attached hydrogens (tertiary/aromatic N) is 2. The van der Waals surface area contributed by atoms with Crippen molar-refractivity contribution < 1.29 is 0 Å². The van der Waals surface area contributed by atoms with Crippen molar-refractivity contribution in [3.63, 3.8) is 0 Å². The minimum absolute atomic E-state index is 0.578. The highest BCUT2D eigenvalue weighted by Crippen LogP contribution is 2.37. The van der Waals surface area contributed by atoms with E-state index in [0.717, 1.165) is 37.0 Å². The number of aryl methyl sites for hydroxylation is 1. The average molecular weight is 287 g/mol. The summed E-state index contributed by atoms with van der Waals surface area (Å²) in [5, 5.41) is 3.57. The van der Waals surface area contributed by atoms with Crippen molar-refractivity contribution in [3.05, 3.63) is 23.3 Å². The van der Waals surface area contributed by atoms with Gasteiger partial charge in [-0.25, -0.2) is 9.97 Å². The van der Waals surface area contributed by atoms with Gasteiger partial charge < -0.3 is 5.32 Å². The van der Waals surface area contributed by atoms with Crippen molar-refractivity contribution in [2.45, 2.75) is 71.3 Å². The Morgan fingerprint density at radius 3 is 2.86 bits per heavy atom. The van der Waals surface area contributed by atoms with Gasteiger partial charge in [0.05, 0.1) is 0 Å². The molecule has 1 fully saturated rings. The molecular weight excluding hydrogens is 258 g/mol. The summed E-state index contributed by atoms with van der Waals surface area (Å²) in [5.41, 5.74) is 2.73. The van der Waals surface area contributed by atoms with E-state index in [9.17, 15) is 0 Å². The van der Waals surface area contributed by atoms with E-state index in [4.69, 9.17) is 9.97 Å². The highest BCUT2D eigenvalue weighted by Gasteiger charge is 2.27. The van der Waals surface area contributed by atoms with Crippen molar-refractivity contribution in [3.8, 4) is 0 Å². The third kappa shape index (κ3) is 3.63. The first kappa shape index (κ1) is 15.0. The molecule has 3 nitrogen and oxygen atoms in total. The molecule has 0 radical (unpaired) electrons. The van der Waals surface area contributed by atoms with E-state index >= 15 is 0 Å².